The van der Waals surface area contributed by atoms with E-state index < -0.39 is 14.1 Å². The van der Waals surface area contributed by atoms with Crippen LogP contribution in [0.25, 0.3) is 0 Å². The van der Waals surface area contributed by atoms with Crippen LogP contribution in [-0.4, -0.2) is 123 Å². The van der Waals surface area contributed by atoms with E-state index in [9.17, 15) is 0 Å². The first-order valence-electron chi connectivity index (χ1n) is 19.1. The molecule has 0 saturated carbocycles. The average molecular weight is 787 g/mol. The summed E-state index contributed by atoms with van der Waals surface area (Å²) in [7, 11) is 2.11. The Balaban J connectivity index is 1.28. The molecule has 0 aliphatic heterocycles. The molecule has 0 aliphatic rings. The summed E-state index contributed by atoms with van der Waals surface area (Å²) in [6.45, 7) is 14.3. The molecule has 13 heteroatoms. The normalized spacial score (nSPS) is 12.5. The molecule has 12 nitrogen and oxygen atoms in total. The van der Waals surface area contributed by atoms with Gasteiger partial charge in [0.1, 0.15) is 17.1 Å². The number of methoxy groups -OCH3 is 2. The number of hydrogen-bond donors (Lipinski definition) is 1. The summed E-state index contributed by atoms with van der Waals surface area (Å²) >= 11 is 0. The van der Waals surface area contributed by atoms with Gasteiger partial charge in [0.05, 0.1) is 100 Å². The minimum absolute atomic E-state index is 0.283. The quantitative estimate of drug-likeness (QED) is 0.0293. The number of nitrogens with zero attached hydrogens (tertiary/aromatic N) is 1. The van der Waals surface area contributed by atoms with E-state index in [-0.39, 0.29) is 12.1 Å². The van der Waals surface area contributed by atoms with E-state index in [4.69, 9.17) is 52.4 Å². The number of hydrogen-bond acceptors (Lipinski definition) is 12. The van der Waals surface area contributed by atoms with Crippen LogP contribution in [-0.2, 0) is 43.1 Å². The Morgan fingerprint density at radius 2 is 0.909 bits per heavy atom. The Labute approximate surface area is 330 Å². The number of ether oxygens (including phenoxy) is 8. The van der Waals surface area contributed by atoms with Crippen LogP contribution in [0.5, 0.6) is 11.5 Å². The van der Waals surface area contributed by atoms with Crippen LogP contribution in [0.4, 0.5) is 0 Å². The first kappa shape index (κ1) is 46.4. The standard InChI is InChI=1S/C42H63N2O10P/c1-35(2)44(36(3)4)55(53-22-10-21-43)54-34-32-51-30-28-49-26-24-47-23-25-48-27-29-50-31-33-52-42(37-11-8-7-9-12-37,38-13-17-40(45-5)18-14-38)39-15-19-41(46-6)20-16-39/h7-9,11-21,35-36,43H,10,22-34H2,1-6H3. The summed E-state index contributed by atoms with van der Waals surface area (Å²) in [5.74, 6) is 1.55. The molecule has 0 radical (unpaired) electrons. The number of rotatable bonds is 32. The van der Waals surface area contributed by atoms with Gasteiger partial charge in [-0.1, -0.05) is 54.6 Å². The lowest BCUT2D eigenvalue weighted by Gasteiger charge is -2.36. The molecule has 1 atom stereocenters. The van der Waals surface area contributed by atoms with E-state index in [1.807, 2.05) is 66.7 Å². The Bertz CT molecular complexity index is 1340. The lowest BCUT2D eigenvalue weighted by atomic mass is 9.80. The molecule has 1 unspecified atom stereocenters. The molecule has 0 spiro atoms. The molecular weight excluding hydrogens is 723 g/mol. The molecule has 3 aromatic rings. The molecule has 0 amide bonds. The van der Waals surface area contributed by atoms with Crippen LogP contribution in [0.15, 0.2) is 78.9 Å². The van der Waals surface area contributed by atoms with Crippen LogP contribution < -0.4 is 9.47 Å². The molecule has 1 N–H and O–H groups in total. The highest BCUT2D eigenvalue weighted by Crippen LogP contribution is 2.46. The number of nitrogens with one attached hydrogen (secondary N) is 1. The van der Waals surface area contributed by atoms with Gasteiger partial charge in [-0.2, -0.15) is 0 Å². The van der Waals surface area contributed by atoms with Crippen molar-refractivity contribution in [1.82, 2.24) is 4.67 Å². The number of benzene rings is 3. The van der Waals surface area contributed by atoms with E-state index in [0.717, 1.165) is 28.2 Å². The smallest absolute Gasteiger partial charge is 0.259 e. The summed E-state index contributed by atoms with van der Waals surface area (Å²) < 4.78 is 60.4. The maximum absolute atomic E-state index is 7.24. The molecule has 0 aromatic heterocycles. The molecule has 0 saturated heterocycles. The van der Waals surface area contributed by atoms with Gasteiger partial charge in [-0.25, -0.2) is 4.67 Å². The van der Waals surface area contributed by atoms with Crippen molar-refractivity contribution in [3.63, 3.8) is 0 Å². The summed E-state index contributed by atoms with van der Waals surface area (Å²) in [6, 6.07) is 26.7. The van der Waals surface area contributed by atoms with E-state index in [1.54, 1.807) is 14.2 Å². The van der Waals surface area contributed by atoms with E-state index in [2.05, 4.69) is 44.5 Å². The molecule has 0 heterocycles. The molecule has 0 bridgehead atoms. The van der Waals surface area contributed by atoms with Gasteiger partial charge < -0.3 is 52.4 Å². The maximum Gasteiger partial charge on any atom is 0.259 e. The van der Waals surface area contributed by atoms with Crippen molar-refractivity contribution in [2.75, 3.05) is 100 Å². The fraction of sp³-hybridized carbons (Fsp3) is 0.548. The molecule has 3 rings (SSSR count). The Kier molecular flexibility index (Phi) is 23.3. The molecular formula is C42H63N2O10P. The third kappa shape index (κ3) is 16.2. The summed E-state index contributed by atoms with van der Waals surface area (Å²) in [4.78, 5) is 0. The second-order valence-electron chi connectivity index (χ2n) is 12.9. The van der Waals surface area contributed by atoms with Gasteiger partial charge in [0.2, 0.25) is 0 Å². The van der Waals surface area contributed by atoms with Gasteiger partial charge in [-0.15, -0.1) is 0 Å². The zero-order valence-electron chi connectivity index (χ0n) is 33.6. The summed E-state index contributed by atoms with van der Waals surface area (Å²) in [6.07, 6.45) is 1.92. The zero-order chi connectivity index (χ0) is 39.6. The third-order valence-corrected chi connectivity index (χ3v) is 10.5. The summed E-state index contributed by atoms with van der Waals surface area (Å²) in [5.41, 5.74) is 2.07. The predicted octanol–water partition coefficient (Wildman–Crippen LogP) is 7.51. The molecule has 306 valence electrons. The zero-order valence-corrected chi connectivity index (χ0v) is 34.5. The van der Waals surface area contributed by atoms with Gasteiger partial charge in [0, 0.05) is 18.5 Å². The van der Waals surface area contributed by atoms with E-state index >= 15 is 0 Å². The van der Waals surface area contributed by atoms with Crippen molar-refractivity contribution in [1.29, 1.82) is 5.41 Å². The molecule has 3 aromatic carbocycles. The van der Waals surface area contributed by atoms with Crippen molar-refractivity contribution >= 4 is 14.7 Å². The first-order chi connectivity index (χ1) is 26.9. The maximum atomic E-state index is 7.24. The van der Waals surface area contributed by atoms with Gasteiger partial charge in [0.25, 0.3) is 8.53 Å². The van der Waals surface area contributed by atoms with Gasteiger partial charge in [-0.05, 0) is 74.9 Å². The van der Waals surface area contributed by atoms with Crippen molar-refractivity contribution < 1.29 is 46.9 Å². The van der Waals surface area contributed by atoms with Gasteiger partial charge in [-0.3, -0.25) is 0 Å². The molecule has 55 heavy (non-hydrogen) atoms. The topological polar surface area (TPSA) is 119 Å². The van der Waals surface area contributed by atoms with Crippen LogP contribution in [0.1, 0.15) is 50.8 Å². The van der Waals surface area contributed by atoms with E-state index in [1.165, 1.54) is 6.21 Å². The molecule has 0 aliphatic carbocycles. The van der Waals surface area contributed by atoms with Crippen LogP contribution in [0.3, 0.4) is 0 Å². The van der Waals surface area contributed by atoms with Crippen molar-refractivity contribution in [3.8, 4) is 11.5 Å². The Hall–Kier alpha value is -3.00. The van der Waals surface area contributed by atoms with Crippen molar-refractivity contribution in [2.45, 2.75) is 51.8 Å². The van der Waals surface area contributed by atoms with Gasteiger partial charge >= 0.3 is 0 Å². The lowest BCUT2D eigenvalue weighted by molar-refractivity contribution is -0.0392. The SMILES string of the molecule is COc1ccc(C(OCCOCCOCCOCCOCCOCCOP(OCCC=N)N(C(C)C)C(C)C)(c2ccccc2)c2ccc(OC)cc2)cc1. The minimum atomic E-state index is -1.21. The monoisotopic (exact) mass is 786 g/mol. The minimum Gasteiger partial charge on any atom is -0.497 e. The van der Waals surface area contributed by atoms with Crippen LogP contribution in [0.2, 0.25) is 0 Å². The Morgan fingerprint density at radius 3 is 1.31 bits per heavy atom. The van der Waals surface area contributed by atoms with Gasteiger partial charge in [0.15, 0.2) is 0 Å². The third-order valence-electron chi connectivity index (χ3n) is 8.35. The highest BCUT2D eigenvalue weighted by molar-refractivity contribution is 7.44. The largest absolute Gasteiger partial charge is 0.497 e. The molecule has 0 fully saturated rings. The van der Waals surface area contributed by atoms with Crippen molar-refractivity contribution in [3.05, 3.63) is 95.6 Å². The highest BCUT2D eigenvalue weighted by Gasteiger charge is 2.37. The highest BCUT2D eigenvalue weighted by atomic mass is 31.2. The van der Waals surface area contributed by atoms with Crippen LogP contribution >= 0.6 is 8.53 Å². The fourth-order valence-electron chi connectivity index (χ4n) is 5.82. The second-order valence-corrected chi connectivity index (χ2v) is 14.3. The fourth-order valence-corrected chi connectivity index (χ4v) is 7.41. The van der Waals surface area contributed by atoms with Crippen molar-refractivity contribution in [2.24, 2.45) is 0 Å². The predicted molar refractivity (Wildman–Crippen MR) is 217 cm³/mol. The van der Waals surface area contributed by atoms with E-state index in [0.29, 0.717) is 92.3 Å². The summed E-state index contributed by atoms with van der Waals surface area (Å²) in [5, 5.41) is 7.24. The first-order valence-corrected chi connectivity index (χ1v) is 20.2. The second kappa shape index (κ2) is 27.6. The Morgan fingerprint density at radius 1 is 0.527 bits per heavy atom. The lowest BCUT2D eigenvalue weighted by Crippen LogP contribution is -2.34. The van der Waals surface area contributed by atoms with Crippen LogP contribution in [0, 0.1) is 5.41 Å². The average Bonchev–Trinajstić information content (AvgIpc) is 3.20.